The van der Waals surface area contributed by atoms with Crippen molar-refractivity contribution in [3.8, 4) is 0 Å². The molecule has 3 rings (SSSR count). The van der Waals surface area contributed by atoms with Crippen molar-refractivity contribution in [2.45, 2.75) is 44.2 Å². The van der Waals surface area contributed by atoms with Crippen LogP contribution in [0, 0.1) is 0 Å². The molecule has 1 N–H and O–H groups in total. The van der Waals surface area contributed by atoms with Gasteiger partial charge in [-0.1, -0.05) is 43.2 Å². The van der Waals surface area contributed by atoms with Gasteiger partial charge in [-0.05, 0) is 25.3 Å². The minimum absolute atomic E-state index is 0.0421. The van der Waals surface area contributed by atoms with E-state index in [0.717, 1.165) is 31.2 Å². The molecule has 2 aliphatic rings. The number of carbonyl (C=O) groups excluding carboxylic acids is 2. The van der Waals surface area contributed by atoms with Crippen LogP contribution in [0.15, 0.2) is 30.3 Å². The van der Waals surface area contributed by atoms with Crippen LogP contribution in [0.4, 0.5) is 0 Å². The molecule has 2 amide bonds. The molecular weight excluding hydrogens is 252 g/mol. The molecule has 1 unspecified atom stereocenters. The Hall–Kier alpha value is -1.84. The SMILES string of the molecule is CCN1C(=O)C2(CCCC2)NC(=O)C1c1ccccc1. The van der Waals surface area contributed by atoms with Crippen molar-refractivity contribution in [2.75, 3.05) is 6.54 Å². The number of carbonyl (C=O) groups is 2. The Balaban J connectivity index is 1.97. The lowest BCUT2D eigenvalue weighted by atomic mass is 9.89. The fraction of sp³-hybridized carbons (Fsp3) is 0.500. The molecule has 1 spiro atoms. The van der Waals surface area contributed by atoms with E-state index in [1.807, 2.05) is 37.3 Å². The Kier molecular flexibility index (Phi) is 3.24. The smallest absolute Gasteiger partial charge is 0.249 e. The van der Waals surface area contributed by atoms with E-state index < -0.39 is 11.6 Å². The molecule has 2 fully saturated rings. The third kappa shape index (κ3) is 1.90. The lowest BCUT2D eigenvalue weighted by Gasteiger charge is -2.44. The lowest BCUT2D eigenvalue weighted by Crippen LogP contribution is -2.66. The van der Waals surface area contributed by atoms with Crippen molar-refractivity contribution >= 4 is 11.8 Å². The van der Waals surface area contributed by atoms with Crippen molar-refractivity contribution in [2.24, 2.45) is 0 Å². The molecule has 0 radical (unpaired) electrons. The number of amides is 2. The number of nitrogens with one attached hydrogen (secondary N) is 1. The van der Waals surface area contributed by atoms with Gasteiger partial charge in [0, 0.05) is 6.54 Å². The summed E-state index contributed by atoms with van der Waals surface area (Å²) in [4.78, 5) is 27.1. The lowest BCUT2D eigenvalue weighted by molar-refractivity contribution is -0.155. The summed E-state index contributed by atoms with van der Waals surface area (Å²) in [5, 5.41) is 3.02. The Labute approximate surface area is 119 Å². The molecule has 1 saturated carbocycles. The van der Waals surface area contributed by atoms with Crippen LogP contribution in [0.5, 0.6) is 0 Å². The Morgan fingerprint density at radius 2 is 1.85 bits per heavy atom. The van der Waals surface area contributed by atoms with Crippen molar-refractivity contribution < 1.29 is 9.59 Å². The van der Waals surface area contributed by atoms with Gasteiger partial charge in [-0.15, -0.1) is 0 Å². The average molecular weight is 272 g/mol. The molecule has 0 aromatic heterocycles. The van der Waals surface area contributed by atoms with Crippen LogP contribution in [-0.2, 0) is 9.59 Å². The van der Waals surface area contributed by atoms with Gasteiger partial charge in [0.25, 0.3) is 0 Å². The van der Waals surface area contributed by atoms with Crippen LogP contribution < -0.4 is 5.32 Å². The first-order chi connectivity index (χ1) is 9.68. The summed E-state index contributed by atoms with van der Waals surface area (Å²) in [6.45, 7) is 2.50. The number of likely N-dealkylation sites (N-methyl/N-ethyl adjacent to an activating group) is 1. The van der Waals surface area contributed by atoms with E-state index in [9.17, 15) is 9.59 Å². The maximum atomic E-state index is 12.8. The highest BCUT2D eigenvalue weighted by Crippen LogP contribution is 2.38. The zero-order chi connectivity index (χ0) is 14.2. The van der Waals surface area contributed by atoms with Crippen LogP contribution in [0.2, 0.25) is 0 Å². The third-order valence-electron chi connectivity index (χ3n) is 4.51. The van der Waals surface area contributed by atoms with E-state index in [1.165, 1.54) is 0 Å². The van der Waals surface area contributed by atoms with E-state index in [1.54, 1.807) is 4.90 Å². The first kappa shape index (κ1) is 13.2. The summed E-state index contributed by atoms with van der Waals surface area (Å²) in [5.41, 5.74) is 0.256. The predicted molar refractivity (Wildman–Crippen MR) is 75.9 cm³/mol. The highest BCUT2D eigenvalue weighted by Gasteiger charge is 2.51. The molecule has 1 saturated heterocycles. The second kappa shape index (κ2) is 4.93. The quantitative estimate of drug-likeness (QED) is 0.895. The molecule has 1 aromatic carbocycles. The van der Waals surface area contributed by atoms with Gasteiger partial charge < -0.3 is 10.2 Å². The maximum absolute atomic E-state index is 12.8. The minimum Gasteiger partial charge on any atom is -0.340 e. The summed E-state index contributed by atoms with van der Waals surface area (Å²) < 4.78 is 0. The molecule has 1 aliphatic carbocycles. The number of hydrogen-bond acceptors (Lipinski definition) is 2. The van der Waals surface area contributed by atoms with Crippen LogP contribution in [-0.4, -0.2) is 28.8 Å². The monoisotopic (exact) mass is 272 g/mol. The van der Waals surface area contributed by atoms with Crippen LogP contribution in [0.25, 0.3) is 0 Å². The largest absolute Gasteiger partial charge is 0.340 e. The second-order valence-corrected chi connectivity index (χ2v) is 5.68. The Morgan fingerprint density at radius 3 is 2.45 bits per heavy atom. The fourth-order valence-corrected chi connectivity index (χ4v) is 3.50. The minimum atomic E-state index is -0.627. The number of rotatable bonds is 2. The predicted octanol–water partition coefficient (Wildman–Crippen LogP) is 2.02. The second-order valence-electron chi connectivity index (χ2n) is 5.68. The number of piperazine rings is 1. The van der Waals surface area contributed by atoms with Crippen LogP contribution in [0.1, 0.15) is 44.2 Å². The molecule has 1 aromatic rings. The van der Waals surface area contributed by atoms with Crippen molar-refractivity contribution in [1.29, 1.82) is 0 Å². The first-order valence-corrected chi connectivity index (χ1v) is 7.36. The zero-order valence-corrected chi connectivity index (χ0v) is 11.8. The topological polar surface area (TPSA) is 49.4 Å². The number of hydrogen-bond donors (Lipinski definition) is 1. The molecule has 1 heterocycles. The molecule has 0 bridgehead atoms. The number of benzene rings is 1. The summed E-state index contributed by atoms with van der Waals surface area (Å²) in [7, 11) is 0. The van der Waals surface area contributed by atoms with Crippen LogP contribution in [0.3, 0.4) is 0 Å². The van der Waals surface area contributed by atoms with E-state index >= 15 is 0 Å². The molecule has 20 heavy (non-hydrogen) atoms. The van der Waals surface area contributed by atoms with Gasteiger partial charge in [0.2, 0.25) is 11.8 Å². The highest BCUT2D eigenvalue weighted by atomic mass is 16.2. The van der Waals surface area contributed by atoms with Crippen molar-refractivity contribution in [1.82, 2.24) is 10.2 Å². The number of nitrogens with zero attached hydrogens (tertiary/aromatic N) is 1. The molecule has 1 atom stereocenters. The first-order valence-electron chi connectivity index (χ1n) is 7.36. The Morgan fingerprint density at radius 1 is 1.20 bits per heavy atom. The zero-order valence-electron chi connectivity index (χ0n) is 11.8. The van der Waals surface area contributed by atoms with E-state index in [2.05, 4.69) is 5.32 Å². The van der Waals surface area contributed by atoms with E-state index in [4.69, 9.17) is 0 Å². The van der Waals surface area contributed by atoms with Gasteiger partial charge in [-0.3, -0.25) is 9.59 Å². The maximum Gasteiger partial charge on any atom is 0.249 e. The van der Waals surface area contributed by atoms with Gasteiger partial charge in [0.1, 0.15) is 11.6 Å². The van der Waals surface area contributed by atoms with E-state index in [-0.39, 0.29) is 11.8 Å². The molecule has 4 nitrogen and oxygen atoms in total. The molecule has 106 valence electrons. The fourth-order valence-electron chi connectivity index (χ4n) is 3.50. The molecular formula is C16H20N2O2. The third-order valence-corrected chi connectivity index (χ3v) is 4.51. The van der Waals surface area contributed by atoms with Gasteiger partial charge in [-0.25, -0.2) is 0 Å². The summed E-state index contributed by atoms with van der Waals surface area (Å²) in [6.07, 6.45) is 3.57. The molecule has 1 aliphatic heterocycles. The van der Waals surface area contributed by atoms with Crippen LogP contribution >= 0.6 is 0 Å². The van der Waals surface area contributed by atoms with Gasteiger partial charge in [-0.2, -0.15) is 0 Å². The van der Waals surface area contributed by atoms with Gasteiger partial charge in [0.05, 0.1) is 0 Å². The Bertz CT molecular complexity index is 521. The highest BCUT2D eigenvalue weighted by molar-refractivity contribution is 6.00. The molecule has 4 heteroatoms. The van der Waals surface area contributed by atoms with Gasteiger partial charge in [0.15, 0.2) is 0 Å². The standard InChI is InChI=1S/C16H20N2O2/c1-2-18-13(12-8-4-3-5-9-12)14(19)17-16(15(18)20)10-6-7-11-16/h3-5,8-9,13H,2,6-7,10-11H2,1H3,(H,17,19). The average Bonchev–Trinajstić information content (AvgIpc) is 2.93. The van der Waals surface area contributed by atoms with Gasteiger partial charge >= 0.3 is 0 Å². The van der Waals surface area contributed by atoms with Crippen molar-refractivity contribution in [3.05, 3.63) is 35.9 Å². The van der Waals surface area contributed by atoms with Crippen molar-refractivity contribution in [3.63, 3.8) is 0 Å². The normalized spacial score (nSPS) is 25.1. The van der Waals surface area contributed by atoms with E-state index in [0.29, 0.717) is 6.54 Å². The summed E-state index contributed by atoms with van der Waals surface area (Å²) >= 11 is 0. The summed E-state index contributed by atoms with van der Waals surface area (Å²) in [5.74, 6) is 0.0468. The summed E-state index contributed by atoms with van der Waals surface area (Å²) in [6, 6.07) is 9.06.